The van der Waals surface area contributed by atoms with Crippen molar-refractivity contribution in [2.24, 2.45) is 0 Å². The predicted octanol–water partition coefficient (Wildman–Crippen LogP) is 1.93. The monoisotopic (exact) mass is 322 g/mol. The molecule has 0 bridgehead atoms. The number of nitrogens with zero attached hydrogens (tertiary/aromatic N) is 2. The van der Waals surface area contributed by atoms with E-state index in [0.717, 1.165) is 36.0 Å². The fourth-order valence-corrected chi connectivity index (χ4v) is 2.64. The molecule has 0 radical (unpaired) electrons. The maximum atomic E-state index is 12.0. The Balaban J connectivity index is 1.92. The number of hydrogen-bond acceptors (Lipinski definition) is 3. The minimum atomic E-state index is -0.121. The molecule has 1 fully saturated rings. The third kappa shape index (κ3) is 2.64. The van der Waals surface area contributed by atoms with E-state index >= 15 is 0 Å². The zero-order valence-electron chi connectivity index (χ0n) is 10.4. The van der Waals surface area contributed by atoms with Gasteiger partial charge in [-0.15, -0.1) is 5.10 Å². The molecule has 0 atom stereocenters. The molecule has 1 aliphatic heterocycles. The molecule has 0 saturated carbocycles. The zero-order chi connectivity index (χ0) is 13.2. The van der Waals surface area contributed by atoms with E-state index in [1.54, 1.807) is 4.68 Å². The van der Waals surface area contributed by atoms with Gasteiger partial charge in [-0.3, -0.25) is 4.98 Å². The van der Waals surface area contributed by atoms with Crippen LogP contribution in [0.5, 0.6) is 0 Å². The zero-order valence-corrected chi connectivity index (χ0v) is 12.0. The van der Waals surface area contributed by atoms with Crippen molar-refractivity contribution in [1.29, 1.82) is 0 Å². The molecule has 100 valence electrons. The van der Waals surface area contributed by atoms with E-state index < -0.39 is 0 Å². The summed E-state index contributed by atoms with van der Waals surface area (Å²) in [5.41, 5.74) is 0.804. The van der Waals surface area contributed by atoms with Crippen molar-refractivity contribution in [2.45, 2.75) is 18.9 Å². The van der Waals surface area contributed by atoms with Gasteiger partial charge in [0.05, 0.1) is 6.04 Å². The van der Waals surface area contributed by atoms with Gasteiger partial charge in [0.15, 0.2) is 5.82 Å². The Bertz CT molecular complexity index is 610. The summed E-state index contributed by atoms with van der Waals surface area (Å²) in [5.74, 6) is 0.635. The van der Waals surface area contributed by atoms with Gasteiger partial charge >= 0.3 is 5.69 Å². The van der Waals surface area contributed by atoms with Crippen LogP contribution in [-0.4, -0.2) is 27.9 Å². The molecule has 1 aromatic heterocycles. The average Bonchev–Trinajstić information content (AvgIpc) is 2.83. The van der Waals surface area contributed by atoms with Crippen molar-refractivity contribution in [3.05, 3.63) is 39.2 Å². The lowest BCUT2D eigenvalue weighted by atomic mass is 10.1. The molecule has 0 aliphatic carbocycles. The van der Waals surface area contributed by atoms with Gasteiger partial charge in [-0.25, -0.2) is 9.48 Å². The number of aromatic nitrogens is 3. The first-order valence-electron chi connectivity index (χ1n) is 6.39. The molecule has 0 unspecified atom stereocenters. The van der Waals surface area contributed by atoms with Crippen LogP contribution in [0.2, 0.25) is 0 Å². The predicted molar refractivity (Wildman–Crippen MR) is 77.1 cm³/mol. The summed E-state index contributed by atoms with van der Waals surface area (Å²) in [4.78, 5) is 14.8. The highest BCUT2D eigenvalue weighted by Crippen LogP contribution is 2.20. The molecule has 1 aliphatic rings. The highest BCUT2D eigenvalue weighted by atomic mass is 79.9. The van der Waals surface area contributed by atoms with Crippen molar-refractivity contribution in [1.82, 2.24) is 20.1 Å². The number of halogens is 1. The molecule has 2 heterocycles. The molecule has 2 N–H and O–H groups in total. The number of benzene rings is 1. The third-order valence-electron chi connectivity index (χ3n) is 3.41. The van der Waals surface area contributed by atoms with Crippen LogP contribution in [-0.2, 0) is 0 Å². The fourth-order valence-electron chi connectivity index (χ4n) is 2.37. The lowest BCUT2D eigenvalue weighted by Crippen LogP contribution is -2.33. The maximum absolute atomic E-state index is 12.0. The molecule has 0 spiro atoms. The van der Waals surface area contributed by atoms with Crippen molar-refractivity contribution in [3.63, 3.8) is 0 Å². The smallest absolute Gasteiger partial charge is 0.317 e. The standard InChI is InChI=1S/C13H15BrN4O/c14-10-3-1-9(2-4-10)12-16-13(19)18(17-12)11-5-7-15-8-6-11/h1-4,11,15H,5-8H2,(H,16,17,19). The van der Waals surface area contributed by atoms with E-state index in [1.807, 2.05) is 24.3 Å². The van der Waals surface area contributed by atoms with Crippen LogP contribution in [0.4, 0.5) is 0 Å². The number of nitrogens with one attached hydrogen (secondary N) is 2. The number of piperidine rings is 1. The molecule has 3 rings (SSSR count). The molecule has 6 heteroatoms. The van der Waals surface area contributed by atoms with Crippen LogP contribution in [0.1, 0.15) is 18.9 Å². The Labute approximate surface area is 119 Å². The van der Waals surface area contributed by atoms with Crippen molar-refractivity contribution >= 4 is 15.9 Å². The minimum Gasteiger partial charge on any atom is -0.317 e. The normalized spacial score (nSPS) is 16.7. The topological polar surface area (TPSA) is 62.7 Å². The molecule has 2 aromatic rings. The second-order valence-electron chi connectivity index (χ2n) is 4.71. The molecule has 1 saturated heterocycles. The Morgan fingerprint density at radius 3 is 2.58 bits per heavy atom. The Kier molecular flexibility index (Phi) is 3.52. The molecular formula is C13H15BrN4O. The first-order chi connectivity index (χ1) is 9.24. The highest BCUT2D eigenvalue weighted by molar-refractivity contribution is 9.10. The lowest BCUT2D eigenvalue weighted by molar-refractivity contribution is 0.336. The summed E-state index contributed by atoms with van der Waals surface area (Å²) in [5, 5.41) is 7.73. The number of rotatable bonds is 2. The van der Waals surface area contributed by atoms with E-state index in [-0.39, 0.29) is 11.7 Å². The Morgan fingerprint density at radius 1 is 1.21 bits per heavy atom. The van der Waals surface area contributed by atoms with Crippen LogP contribution >= 0.6 is 15.9 Å². The molecule has 19 heavy (non-hydrogen) atoms. The van der Waals surface area contributed by atoms with E-state index in [4.69, 9.17) is 0 Å². The molecule has 1 aromatic carbocycles. The first kappa shape index (κ1) is 12.6. The van der Waals surface area contributed by atoms with Crippen molar-refractivity contribution in [3.8, 4) is 11.4 Å². The highest BCUT2D eigenvalue weighted by Gasteiger charge is 2.19. The van der Waals surface area contributed by atoms with Gasteiger partial charge in [0.2, 0.25) is 0 Å². The van der Waals surface area contributed by atoms with E-state index in [9.17, 15) is 4.79 Å². The first-order valence-corrected chi connectivity index (χ1v) is 7.19. The van der Waals surface area contributed by atoms with Crippen molar-refractivity contribution < 1.29 is 0 Å². The Morgan fingerprint density at radius 2 is 1.89 bits per heavy atom. The summed E-state index contributed by atoms with van der Waals surface area (Å²) in [6.45, 7) is 1.88. The largest absolute Gasteiger partial charge is 0.343 e. The lowest BCUT2D eigenvalue weighted by Gasteiger charge is -2.21. The average molecular weight is 323 g/mol. The summed E-state index contributed by atoms with van der Waals surface area (Å²) in [7, 11) is 0. The number of H-pyrrole nitrogens is 1. The second kappa shape index (κ2) is 5.30. The van der Waals surface area contributed by atoms with Gasteiger partial charge in [-0.05, 0) is 38.1 Å². The van der Waals surface area contributed by atoms with Crippen LogP contribution in [0, 0.1) is 0 Å². The Hall–Kier alpha value is -1.40. The van der Waals surface area contributed by atoms with Gasteiger partial charge in [0.25, 0.3) is 0 Å². The summed E-state index contributed by atoms with van der Waals surface area (Å²) in [6.07, 6.45) is 1.90. The molecule has 5 nitrogen and oxygen atoms in total. The van der Waals surface area contributed by atoms with Crippen LogP contribution in [0.15, 0.2) is 33.5 Å². The van der Waals surface area contributed by atoms with Gasteiger partial charge in [0, 0.05) is 10.0 Å². The van der Waals surface area contributed by atoms with Gasteiger partial charge < -0.3 is 5.32 Å². The van der Waals surface area contributed by atoms with Crippen LogP contribution in [0.3, 0.4) is 0 Å². The minimum absolute atomic E-state index is 0.121. The summed E-state index contributed by atoms with van der Waals surface area (Å²) < 4.78 is 2.61. The van der Waals surface area contributed by atoms with Gasteiger partial charge in [-0.2, -0.15) is 0 Å². The number of aromatic amines is 1. The SMILES string of the molecule is O=c1[nH]c(-c2ccc(Br)cc2)nn1C1CCNCC1. The quantitative estimate of drug-likeness (QED) is 0.888. The molecular weight excluding hydrogens is 308 g/mol. The van der Waals surface area contributed by atoms with E-state index in [0.29, 0.717) is 5.82 Å². The fraction of sp³-hybridized carbons (Fsp3) is 0.385. The summed E-state index contributed by atoms with van der Waals surface area (Å²) >= 11 is 3.40. The van der Waals surface area contributed by atoms with E-state index in [2.05, 4.69) is 31.3 Å². The van der Waals surface area contributed by atoms with Crippen molar-refractivity contribution in [2.75, 3.05) is 13.1 Å². The molecule has 0 amide bonds. The third-order valence-corrected chi connectivity index (χ3v) is 3.94. The second-order valence-corrected chi connectivity index (χ2v) is 5.63. The number of hydrogen-bond donors (Lipinski definition) is 2. The van der Waals surface area contributed by atoms with E-state index in [1.165, 1.54) is 0 Å². The summed E-state index contributed by atoms with van der Waals surface area (Å²) in [6, 6.07) is 7.97. The van der Waals surface area contributed by atoms with Crippen LogP contribution in [0.25, 0.3) is 11.4 Å². The van der Waals surface area contributed by atoms with Crippen LogP contribution < -0.4 is 11.0 Å². The van der Waals surface area contributed by atoms with Gasteiger partial charge in [0.1, 0.15) is 0 Å². The van der Waals surface area contributed by atoms with Gasteiger partial charge in [-0.1, -0.05) is 28.1 Å². The maximum Gasteiger partial charge on any atom is 0.343 e.